The highest BCUT2D eigenvalue weighted by Crippen LogP contribution is 2.57. The minimum atomic E-state index is -0.0776. The Balaban J connectivity index is 0.000000114. The molecule has 3 aliphatic rings. The SMILES string of the molecule is CC1(C)c2ccccc2-c2cc(N(c3ccc(-c4cc5ccccc5c5ccccc45)cc3)c3ccc(-c4ccccc4)c(-c4ccccc4)c3)ccc21.CC1(C)c2ccccc2-c2cc(N(c3ccc(-c4cc5ccccc5c5ccccc45)cc3)c3cccc(-c4ccccc4)c3)ccc21.CC1(C)c2ccccc2-c2ccc(N(c3ccc(-c4ccccc4)cc3)c3ccc(-c4cc5ccccc5c5ccccc45)cc3)cc21. The van der Waals surface area contributed by atoms with Crippen LogP contribution >= 0.6 is 0 Å². The van der Waals surface area contributed by atoms with E-state index in [1.54, 1.807) is 0 Å². The predicted octanol–water partition coefficient (Wildman–Crippen LogP) is 41.0. The molecule has 0 atom stereocenters. The molecular formula is C147H109N3. The van der Waals surface area contributed by atoms with Crippen LogP contribution in [-0.2, 0) is 16.2 Å². The third-order valence-corrected chi connectivity index (χ3v) is 32.0. The van der Waals surface area contributed by atoms with Crippen LogP contribution in [0.25, 0.3) is 176 Å². The summed E-state index contributed by atoms with van der Waals surface area (Å²) in [5.41, 5.74) is 43.3. The van der Waals surface area contributed by atoms with Gasteiger partial charge in [-0.3, -0.25) is 0 Å². The lowest BCUT2D eigenvalue weighted by Gasteiger charge is -2.28. The van der Waals surface area contributed by atoms with Crippen molar-refractivity contribution in [3.8, 4) is 111 Å². The third-order valence-electron chi connectivity index (χ3n) is 32.0. The minimum Gasteiger partial charge on any atom is -0.310 e. The lowest BCUT2D eigenvalue weighted by Crippen LogP contribution is -2.16. The smallest absolute Gasteiger partial charge is 0.0468 e. The van der Waals surface area contributed by atoms with E-state index in [1.165, 1.54) is 209 Å². The van der Waals surface area contributed by atoms with Gasteiger partial charge in [0.15, 0.2) is 0 Å². The van der Waals surface area contributed by atoms with Crippen molar-refractivity contribution < 1.29 is 0 Å². The molecule has 3 nitrogen and oxygen atoms in total. The first kappa shape index (κ1) is 91.4. The highest BCUT2D eigenvalue weighted by atomic mass is 15.2. The maximum atomic E-state index is 2.43. The van der Waals surface area contributed by atoms with Gasteiger partial charge < -0.3 is 14.7 Å². The van der Waals surface area contributed by atoms with E-state index < -0.39 is 0 Å². The molecule has 25 aromatic rings. The van der Waals surface area contributed by atoms with Crippen LogP contribution in [0.15, 0.2) is 552 Å². The average Bonchev–Trinajstić information content (AvgIpc) is 1.57. The summed E-state index contributed by atoms with van der Waals surface area (Å²) in [6.45, 7) is 14.1. The van der Waals surface area contributed by atoms with Gasteiger partial charge >= 0.3 is 0 Å². The number of anilines is 9. The molecule has 0 aromatic heterocycles. The zero-order chi connectivity index (χ0) is 101. The Morgan fingerprint density at radius 1 is 0.113 bits per heavy atom. The summed E-state index contributed by atoms with van der Waals surface area (Å²) in [6, 6.07) is 202. The quantitative estimate of drug-likeness (QED) is 0.0893. The first-order valence-electron chi connectivity index (χ1n) is 52.4. The van der Waals surface area contributed by atoms with Crippen molar-refractivity contribution >= 4 is 116 Å². The Morgan fingerprint density at radius 2 is 0.347 bits per heavy atom. The normalized spacial score (nSPS) is 12.9. The molecule has 0 amide bonds. The summed E-state index contributed by atoms with van der Waals surface area (Å²) in [5, 5.41) is 15.3. The van der Waals surface area contributed by atoms with E-state index in [0.717, 1.165) is 51.2 Å². The summed E-state index contributed by atoms with van der Waals surface area (Å²) < 4.78 is 0. The standard InChI is InChI=1S/C53H39N.2C47H35N/c1-53(2)51-24-14-13-23-47(51)50-35-42(30-32-52(50)53)54(41-29-31-44(36-15-5-3-6-16-36)49(34-41)37-17-7-4-8-18-37)40-27-25-38(26-28-40)48-33-39-19-9-10-20-43(39)45-21-11-12-22-46(45)48;1-47(2)45-22-11-10-21-42(45)44-31-38(27-28-46(44)47)48(37-17-12-16-34(29-37)32-13-4-3-5-14-32)36-25-23-33(24-26-36)43-30-35-15-6-7-18-39(35)40-19-8-9-20-41(40)43;1-47(2)45-19-11-10-18-42(45)43-29-28-38(31-46(43)47)48(36-24-20-33(21-25-36)32-12-4-3-5-13-32)37-26-22-34(23-27-37)44-30-35-14-6-7-15-39(35)40-16-8-9-17-41(40)44/h3-35H,1-2H3;2*3-31H,1-2H3. The van der Waals surface area contributed by atoms with Crippen LogP contribution in [0.4, 0.5) is 51.2 Å². The summed E-state index contributed by atoms with van der Waals surface area (Å²) >= 11 is 0. The summed E-state index contributed by atoms with van der Waals surface area (Å²) in [4.78, 5) is 7.23. The zero-order valence-corrected chi connectivity index (χ0v) is 84.9. The van der Waals surface area contributed by atoms with Crippen LogP contribution in [0.2, 0.25) is 0 Å². The first-order valence-corrected chi connectivity index (χ1v) is 52.4. The molecule has 3 heteroatoms. The molecule has 0 saturated heterocycles. The van der Waals surface area contributed by atoms with Gasteiger partial charge in [-0.2, -0.15) is 0 Å². The fourth-order valence-electron chi connectivity index (χ4n) is 24.4. The molecule has 0 fully saturated rings. The highest BCUT2D eigenvalue weighted by Gasteiger charge is 2.40. The van der Waals surface area contributed by atoms with Crippen LogP contribution in [0.5, 0.6) is 0 Å². The van der Waals surface area contributed by atoms with E-state index in [2.05, 4.69) is 608 Å². The lowest BCUT2D eigenvalue weighted by atomic mass is 9.82. The Labute approximate surface area is 878 Å². The van der Waals surface area contributed by atoms with Crippen molar-refractivity contribution in [1.29, 1.82) is 0 Å². The number of rotatable bonds is 16. The summed E-state index contributed by atoms with van der Waals surface area (Å²) in [7, 11) is 0. The Morgan fingerprint density at radius 3 is 0.740 bits per heavy atom. The zero-order valence-electron chi connectivity index (χ0n) is 84.9. The van der Waals surface area contributed by atoms with Gasteiger partial charge in [-0.1, -0.05) is 466 Å². The van der Waals surface area contributed by atoms with Crippen LogP contribution < -0.4 is 14.7 Å². The number of nitrogens with zero attached hydrogens (tertiary/aromatic N) is 3. The summed E-state index contributed by atoms with van der Waals surface area (Å²) in [5.74, 6) is 0. The molecule has 0 unspecified atom stereocenters. The maximum Gasteiger partial charge on any atom is 0.0468 e. The van der Waals surface area contributed by atoms with Crippen molar-refractivity contribution in [2.24, 2.45) is 0 Å². The van der Waals surface area contributed by atoms with Gasteiger partial charge in [0.2, 0.25) is 0 Å². The fraction of sp³-hybridized carbons (Fsp3) is 0.0612. The molecule has 0 radical (unpaired) electrons. The van der Waals surface area contributed by atoms with Crippen LogP contribution in [0.3, 0.4) is 0 Å². The predicted molar refractivity (Wildman–Crippen MR) is 639 cm³/mol. The molecule has 25 aromatic carbocycles. The van der Waals surface area contributed by atoms with Crippen molar-refractivity contribution in [2.75, 3.05) is 14.7 Å². The van der Waals surface area contributed by atoms with E-state index in [1.807, 2.05) is 0 Å². The molecule has 0 saturated carbocycles. The fourth-order valence-corrected chi connectivity index (χ4v) is 24.4. The van der Waals surface area contributed by atoms with Gasteiger partial charge in [0.25, 0.3) is 0 Å². The lowest BCUT2D eigenvalue weighted by molar-refractivity contribution is 0.660. The number of hydrogen-bond donors (Lipinski definition) is 0. The molecule has 3 aliphatic carbocycles. The molecule has 28 rings (SSSR count). The second-order valence-electron chi connectivity index (χ2n) is 41.7. The molecule has 0 N–H and O–H groups in total. The third kappa shape index (κ3) is 16.3. The van der Waals surface area contributed by atoms with Crippen LogP contribution in [0, 0.1) is 0 Å². The monoisotopic (exact) mass is 1920 g/mol. The van der Waals surface area contributed by atoms with Crippen molar-refractivity contribution in [3.63, 3.8) is 0 Å². The topological polar surface area (TPSA) is 9.72 Å². The van der Waals surface area contributed by atoms with Gasteiger partial charge in [0, 0.05) is 67.4 Å². The molecule has 0 heterocycles. The molecule has 0 bridgehead atoms. The average molecular weight is 1920 g/mol. The molecule has 0 spiro atoms. The van der Waals surface area contributed by atoms with E-state index in [4.69, 9.17) is 0 Å². The molecule has 150 heavy (non-hydrogen) atoms. The van der Waals surface area contributed by atoms with Gasteiger partial charge in [-0.05, 0) is 337 Å². The van der Waals surface area contributed by atoms with Crippen LogP contribution in [-0.4, -0.2) is 0 Å². The largest absolute Gasteiger partial charge is 0.310 e. The Hall–Kier alpha value is -18.5. The minimum absolute atomic E-state index is 0.0349. The highest BCUT2D eigenvalue weighted by molar-refractivity contribution is 6.17. The van der Waals surface area contributed by atoms with Crippen LogP contribution in [0.1, 0.15) is 74.9 Å². The van der Waals surface area contributed by atoms with E-state index >= 15 is 0 Å². The second-order valence-corrected chi connectivity index (χ2v) is 41.7. The van der Waals surface area contributed by atoms with E-state index in [9.17, 15) is 0 Å². The van der Waals surface area contributed by atoms with Crippen molar-refractivity contribution in [3.05, 3.63) is 585 Å². The van der Waals surface area contributed by atoms with Gasteiger partial charge in [-0.15, -0.1) is 0 Å². The number of benzene rings is 25. The summed E-state index contributed by atoms with van der Waals surface area (Å²) in [6.07, 6.45) is 0. The molecule has 0 aliphatic heterocycles. The van der Waals surface area contributed by atoms with E-state index in [0.29, 0.717) is 0 Å². The van der Waals surface area contributed by atoms with Gasteiger partial charge in [-0.25, -0.2) is 0 Å². The first-order chi connectivity index (χ1) is 73.7. The van der Waals surface area contributed by atoms with Crippen molar-refractivity contribution in [2.45, 2.75) is 57.8 Å². The molecule has 712 valence electrons. The second kappa shape index (κ2) is 37.8. The van der Waals surface area contributed by atoms with Gasteiger partial charge in [0.05, 0.1) is 0 Å². The van der Waals surface area contributed by atoms with Crippen molar-refractivity contribution in [1.82, 2.24) is 0 Å². The molecular weight excluding hydrogens is 1810 g/mol. The maximum absolute atomic E-state index is 2.43. The number of hydrogen-bond acceptors (Lipinski definition) is 3. The number of fused-ring (bicyclic) bond motifs is 18. The van der Waals surface area contributed by atoms with Gasteiger partial charge in [0.1, 0.15) is 0 Å². The Kier molecular flexibility index (Phi) is 23.0. The Bertz CT molecular complexity index is 9500. The van der Waals surface area contributed by atoms with E-state index in [-0.39, 0.29) is 16.2 Å².